The maximum atomic E-state index is 12.4. The molecule has 0 unspecified atom stereocenters. The van der Waals surface area contributed by atoms with Crippen molar-refractivity contribution in [3.8, 4) is 0 Å². The highest BCUT2D eigenvalue weighted by molar-refractivity contribution is 6.21. The first-order valence-corrected chi connectivity index (χ1v) is 9.61. The third-order valence-electron chi connectivity index (χ3n) is 5.31. The molecule has 29 heavy (non-hydrogen) atoms. The van der Waals surface area contributed by atoms with Gasteiger partial charge in [0.25, 0.3) is 11.8 Å². The lowest BCUT2D eigenvalue weighted by atomic mass is 10.1. The molecule has 1 fully saturated rings. The lowest BCUT2D eigenvalue weighted by molar-refractivity contribution is -0.124. The molecule has 1 heterocycles. The van der Waals surface area contributed by atoms with Gasteiger partial charge in [0.1, 0.15) is 0 Å². The Bertz CT molecular complexity index is 942. The van der Waals surface area contributed by atoms with Crippen LogP contribution in [0.4, 0.5) is 0 Å². The second-order valence-electron chi connectivity index (χ2n) is 7.23. The molecule has 1 N–H and O–H groups in total. The van der Waals surface area contributed by atoms with Crippen LogP contribution in [0.2, 0.25) is 0 Å². The quantitative estimate of drug-likeness (QED) is 0.790. The van der Waals surface area contributed by atoms with Gasteiger partial charge in [-0.3, -0.25) is 14.4 Å². The summed E-state index contributed by atoms with van der Waals surface area (Å²) in [5.41, 5.74) is 1.46. The minimum absolute atomic E-state index is 0.0663. The largest absolute Gasteiger partial charge is 0.363 e. The minimum Gasteiger partial charge on any atom is -0.352 e. The molecule has 2 aromatic carbocycles. The van der Waals surface area contributed by atoms with E-state index in [2.05, 4.69) is 5.32 Å². The summed E-state index contributed by atoms with van der Waals surface area (Å²) in [4.78, 5) is 54.0. The summed E-state index contributed by atoms with van der Waals surface area (Å²) in [6.45, 7) is 0.378. The van der Waals surface area contributed by atoms with Crippen LogP contribution < -0.4 is 5.32 Å². The smallest absolute Gasteiger partial charge is 0.352 e. The maximum Gasteiger partial charge on any atom is 0.363 e. The molecule has 2 aromatic rings. The summed E-state index contributed by atoms with van der Waals surface area (Å²) in [6, 6.07) is 12.8. The van der Waals surface area contributed by atoms with Crippen molar-refractivity contribution in [1.82, 2.24) is 10.4 Å². The van der Waals surface area contributed by atoms with Crippen molar-refractivity contribution in [2.75, 3.05) is 0 Å². The first-order valence-electron chi connectivity index (χ1n) is 9.61. The fraction of sp³-hybridized carbons (Fsp3) is 0.273. The van der Waals surface area contributed by atoms with E-state index in [1.807, 2.05) is 0 Å². The molecule has 0 bridgehead atoms. The normalized spacial score (nSPS) is 16.1. The first-order chi connectivity index (χ1) is 14.0. The highest BCUT2D eigenvalue weighted by Gasteiger charge is 2.38. The number of fused-ring (bicyclic) bond motifs is 1. The number of benzene rings is 2. The predicted molar refractivity (Wildman–Crippen MR) is 103 cm³/mol. The van der Waals surface area contributed by atoms with Gasteiger partial charge in [-0.2, -0.15) is 0 Å². The Hall–Kier alpha value is -3.48. The third kappa shape index (κ3) is 3.76. The zero-order valence-electron chi connectivity index (χ0n) is 15.7. The lowest BCUT2D eigenvalue weighted by Gasteiger charge is -2.13. The number of nitrogens with one attached hydrogen (secondary N) is 1. The van der Waals surface area contributed by atoms with Crippen LogP contribution in [0.1, 0.15) is 62.3 Å². The monoisotopic (exact) mass is 392 g/mol. The van der Waals surface area contributed by atoms with Crippen molar-refractivity contribution in [3.63, 3.8) is 0 Å². The van der Waals surface area contributed by atoms with Crippen molar-refractivity contribution in [2.24, 2.45) is 5.92 Å². The number of amides is 3. The molecule has 0 atom stereocenters. The van der Waals surface area contributed by atoms with Crippen LogP contribution in [-0.2, 0) is 16.2 Å². The lowest BCUT2D eigenvalue weighted by Crippen LogP contribution is -2.32. The Kier molecular flexibility index (Phi) is 5.12. The minimum atomic E-state index is -0.805. The molecule has 1 aliphatic carbocycles. The Balaban J connectivity index is 1.36. The fourth-order valence-electron chi connectivity index (χ4n) is 3.67. The van der Waals surface area contributed by atoms with Crippen molar-refractivity contribution in [1.29, 1.82) is 0 Å². The average molecular weight is 392 g/mol. The number of carbonyl (C=O) groups is 4. The van der Waals surface area contributed by atoms with Gasteiger partial charge in [-0.1, -0.05) is 42.2 Å². The van der Waals surface area contributed by atoms with E-state index in [1.165, 1.54) is 24.3 Å². The number of carbonyl (C=O) groups excluding carboxylic acids is 4. The summed E-state index contributed by atoms with van der Waals surface area (Å²) in [7, 11) is 0. The molecule has 1 aliphatic heterocycles. The number of hydrogen-bond acceptors (Lipinski definition) is 5. The molecule has 2 aliphatic rings. The van der Waals surface area contributed by atoms with E-state index >= 15 is 0 Å². The average Bonchev–Trinajstić information content (AvgIpc) is 3.37. The van der Waals surface area contributed by atoms with E-state index in [0.29, 0.717) is 11.6 Å². The van der Waals surface area contributed by atoms with E-state index in [-0.39, 0.29) is 28.5 Å². The molecule has 0 radical (unpaired) electrons. The van der Waals surface area contributed by atoms with E-state index in [1.54, 1.807) is 24.3 Å². The van der Waals surface area contributed by atoms with Gasteiger partial charge in [-0.05, 0) is 42.7 Å². The molecule has 7 nitrogen and oxygen atoms in total. The number of imide groups is 1. The molecule has 0 spiro atoms. The third-order valence-corrected chi connectivity index (χ3v) is 5.31. The summed E-state index contributed by atoms with van der Waals surface area (Å²) < 4.78 is 0. The van der Waals surface area contributed by atoms with E-state index < -0.39 is 17.8 Å². The number of hydrogen-bond donors (Lipinski definition) is 1. The maximum absolute atomic E-state index is 12.4. The molecule has 3 amide bonds. The Morgan fingerprint density at radius 3 is 2.10 bits per heavy atom. The molecule has 0 aromatic heterocycles. The Labute approximate surface area is 167 Å². The van der Waals surface area contributed by atoms with Gasteiger partial charge in [0.2, 0.25) is 5.91 Å². The van der Waals surface area contributed by atoms with Gasteiger partial charge in [-0.15, -0.1) is 0 Å². The summed E-state index contributed by atoms with van der Waals surface area (Å²) >= 11 is 0. The molecule has 4 rings (SSSR count). The SMILES string of the molecule is O=C(ON1C(=O)c2ccccc2C1=O)c1ccc(CNC(=O)C2CCCC2)cc1. The second-order valence-corrected chi connectivity index (χ2v) is 7.23. The van der Waals surface area contributed by atoms with Crippen LogP contribution in [0.5, 0.6) is 0 Å². The van der Waals surface area contributed by atoms with E-state index in [4.69, 9.17) is 4.84 Å². The summed E-state index contributed by atoms with van der Waals surface area (Å²) in [6.07, 6.45) is 4.08. The van der Waals surface area contributed by atoms with Crippen molar-refractivity contribution in [3.05, 3.63) is 70.8 Å². The molecular formula is C22H20N2O5. The second kappa shape index (κ2) is 7.87. The highest BCUT2D eigenvalue weighted by atomic mass is 16.7. The highest BCUT2D eigenvalue weighted by Crippen LogP contribution is 2.25. The topological polar surface area (TPSA) is 92.8 Å². The van der Waals surface area contributed by atoms with Gasteiger partial charge >= 0.3 is 5.97 Å². The van der Waals surface area contributed by atoms with Gasteiger partial charge in [0, 0.05) is 12.5 Å². The number of hydroxylamine groups is 2. The van der Waals surface area contributed by atoms with Gasteiger partial charge < -0.3 is 10.2 Å². The van der Waals surface area contributed by atoms with Crippen LogP contribution >= 0.6 is 0 Å². The van der Waals surface area contributed by atoms with Crippen LogP contribution in [-0.4, -0.2) is 28.8 Å². The zero-order valence-corrected chi connectivity index (χ0v) is 15.7. The summed E-state index contributed by atoms with van der Waals surface area (Å²) in [5.74, 6) is -1.96. The van der Waals surface area contributed by atoms with Crippen LogP contribution in [0.25, 0.3) is 0 Å². The van der Waals surface area contributed by atoms with Gasteiger partial charge in [0.05, 0.1) is 16.7 Å². The van der Waals surface area contributed by atoms with Gasteiger partial charge in [0.15, 0.2) is 0 Å². The molecule has 1 saturated carbocycles. The molecular weight excluding hydrogens is 372 g/mol. The molecule has 148 valence electrons. The standard InChI is InChI=1S/C22H20N2O5/c25-19(15-5-1-2-6-15)23-13-14-9-11-16(12-10-14)22(28)29-24-20(26)17-7-3-4-8-18(17)21(24)27/h3-4,7-12,15H,1-2,5-6,13H2,(H,23,25). The van der Waals surface area contributed by atoms with E-state index in [0.717, 1.165) is 31.2 Å². The van der Waals surface area contributed by atoms with E-state index in [9.17, 15) is 19.2 Å². The van der Waals surface area contributed by atoms with Crippen LogP contribution in [0.15, 0.2) is 48.5 Å². The molecule has 7 heteroatoms. The van der Waals surface area contributed by atoms with Crippen LogP contribution in [0, 0.1) is 5.92 Å². The number of rotatable bonds is 5. The Morgan fingerprint density at radius 2 is 1.52 bits per heavy atom. The first kappa shape index (κ1) is 18.9. The summed E-state index contributed by atoms with van der Waals surface area (Å²) in [5, 5.41) is 3.41. The van der Waals surface area contributed by atoms with Crippen molar-refractivity contribution < 1.29 is 24.0 Å². The van der Waals surface area contributed by atoms with Crippen molar-refractivity contribution in [2.45, 2.75) is 32.2 Å². The molecule has 0 saturated heterocycles. The predicted octanol–water partition coefficient (Wildman–Crippen LogP) is 2.86. The fourth-order valence-corrected chi connectivity index (χ4v) is 3.67. The van der Waals surface area contributed by atoms with Crippen LogP contribution in [0.3, 0.4) is 0 Å². The number of nitrogens with zero attached hydrogens (tertiary/aromatic N) is 1. The zero-order chi connectivity index (χ0) is 20.4. The Morgan fingerprint density at radius 1 is 0.931 bits per heavy atom. The van der Waals surface area contributed by atoms with Gasteiger partial charge in [-0.25, -0.2) is 4.79 Å². The van der Waals surface area contributed by atoms with Crippen molar-refractivity contribution >= 4 is 23.7 Å².